The third kappa shape index (κ3) is 5.63. The van der Waals surface area contributed by atoms with Crippen molar-refractivity contribution in [2.24, 2.45) is 0 Å². The maximum atomic E-state index is 13.4. The van der Waals surface area contributed by atoms with E-state index < -0.39 is 11.6 Å². The van der Waals surface area contributed by atoms with E-state index in [-0.39, 0.29) is 12.5 Å². The van der Waals surface area contributed by atoms with Crippen molar-refractivity contribution in [3.05, 3.63) is 89.1 Å². The SMILES string of the molecule is CN(CC(=O)Nc1nc(-c2ccc(F)c(F)c2)cs1)Cc1cnn(Cc2ccccc2)c1. The zero-order chi connectivity index (χ0) is 22.5. The molecule has 0 aliphatic rings. The van der Waals surface area contributed by atoms with Crippen LogP contribution in [0.4, 0.5) is 13.9 Å². The number of benzene rings is 2. The van der Waals surface area contributed by atoms with Gasteiger partial charge in [-0.25, -0.2) is 13.8 Å². The highest BCUT2D eigenvalue weighted by atomic mass is 32.1. The van der Waals surface area contributed by atoms with Gasteiger partial charge in [-0.2, -0.15) is 5.10 Å². The van der Waals surface area contributed by atoms with Gasteiger partial charge in [-0.05, 0) is 30.8 Å². The average Bonchev–Trinajstić information content (AvgIpc) is 3.40. The van der Waals surface area contributed by atoms with Gasteiger partial charge in [0.1, 0.15) is 0 Å². The third-order valence-corrected chi connectivity index (χ3v) is 5.46. The fourth-order valence-electron chi connectivity index (χ4n) is 3.24. The van der Waals surface area contributed by atoms with Crippen molar-refractivity contribution < 1.29 is 13.6 Å². The van der Waals surface area contributed by atoms with Crippen LogP contribution < -0.4 is 5.32 Å². The molecular formula is C23H21F2N5OS. The van der Waals surface area contributed by atoms with Gasteiger partial charge in [-0.1, -0.05) is 30.3 Å². The predicted molar refractivity (Wildman–Crippen MR) is 120 cm³/mol. The number of carbonyl (C=O) groups is 1. The molecule has 0 radical (unpaired) electrons. The number of likely N-dealkylation sites (N-methyl/N-ethyl adjacent to an activating group) is 1. The van der Waals surface area contributed by atoms with E-state index in [0.717, 1.165) is 17.7 Å². The second-order valence-electron chi connectivity index (χ2n) is 7.42. The number of rotatable bonds is 8. The molecule has 6 nitrogen and oxygen atoms in total. The van der Waals surface area contributed by atoms with E-state index in [0.29, 0.717) is 29.5 Å². The summed E-state index contributed by atoms with van der Waals surface area (Å²) in [6.07, 6.45) is 3.77. The van der Waals surface area contributed by atoms with Crippen molar-refractivity contribution in [3.63, 3.8) is 0 Å². The average molecular weight is 454 g/mol. The van der Waals surface area contributed by atoms with Crippen molar-refractivity contribution in [2.45, 2.75) is 13.1 Å². The van der Waals surface area contributed by atoms with Crippen LogP contribution in [-0.2, 0) is 17.9 Å². The lowest BCUT2D eigenvalue weighted by Crippen LogP contribution is -2.29. The Hall–Kier alpha value is -3.43. The molecule has 0 fully saturated rings. The minimum atomic E-state index is -0.935. The molecule has 0 saturated heterocycles. The summed E-state index contributed by atoms with van der Waals surface area (Å²) in [6, 6.07) is 13.7. The number of thiazole rings is 1. The van der Waals surface area contributed by atoms with Gasteiger partial charge in [-0.3, -0.25) is 14.4 Å². The molecule has 164 valence electrons. The fraction of sp³-hybridized carbons (Fsp3) is 0.174. The Bertz CT molecular complexity index is 1210. The second kappa shape index (κ2) is 9.80. The summed E-state index contributed by atoms with van der Waals surface area (Å²) < 4.78 is 28.4. The third-order valence-electron chi connectivity index (χ3n) is 4.71. The van der Waals surface area contributed by atoms with E-state index in [1.54, 1.807) is 11.6 Å². The minimum Gasteiger partial charge on any atom is -0.301 e. The lowest BCUT2D eigenvalue weighted by molar-refractivity contribution is -0.117. The first-order valence-electron chi connectivity index (χ1n) is 9.91. The summed E-state index contributed by atoms with van der Waals surface area (Å²) in [7, 11) is 1.85. The Kier molecular flexibility index (Phi) is 6.67. The summed E-state index contributed by atoms with van der Waals surface area (Å²) in [5.74, 6) is -2.06. The van der Waals surface area contributed by atoms with E-state index in [1.807, 2.05) is 41.0 Å². The first-order valence-corrected chi connectivity index (χ1v) is 10.8. The number of halogens is 2. The molecule has 2 heterocycles. The van der Waals surface area contributed by atoms with Gasteiger partial charge in [0.05, 0.1) is 25.0 Å². The number of aromatic nitrogens is 3. The van der Waals surface area contributed by atoms with Crippen LogP contribution in [0.1, 0.15) is 11.1 Å². The first-order chi connectivity index (χ1) is 15.5. The summed E-state index contributed by atoms with van der Waals surface area (Å²) in [4.78, 5) is 18.6. The summed E-state index contributed by atoms with van der Waals surface area (Å²) in [5.41, 5.74) is 3.10. The monoisotopic (exact) mass is 453 g/mol. The van der Waals surface area contributed by atoms with E-state index in [4.69, 9.17) is 0 Å². The Morgan fingerprint density at radius 3 is 2.72 bits per heavy atom. The number of amides is 1. The number of carbonyl (C=O) groups excluding carboxylic acids is 1. The van der Waals surface area contributed by atoms with Gasteiger partial charge in [0, 0.05) is 29.2 Å². The molecular weight excluding hydrogens is 432 g/mol. The highest BCUT2D eigenvalue weighted by Crippen LogP contribution is 2.26. The van der Waals surface area contributed by atoms with Crippen LogP contribution in [0, 0.1) is 11.6 Å². The zero-order valence-corrected chi connectivity index (χ0v) is 18.1. The molecule has 1 N–H and O–H groups in total. The maximum absolute atomic E-state index is 13.4. The maximum Gasteiger partial charge on any atom is 0.240 e. The van der Waals surface area contributed by atoms with Crippen molar-refractivity contribution >= 4 is 22.4 Å². The molecule has 1 amide bonds. The molecule has 0 aliphatic heterocycles. The Balaban J connectivity index is 1.29. The molecule has 2 aromatic heterocycles. The molecule has 4 rings (SSSR count). The Morgan fingerprint density at radius 2 is 1.94 bits per heavy atom. The number of hydrogen-bond donors (Lipinski definition) is 1. The number of nitrogens with one attached hydrogen (secondary N) is 1. The van der Waals surface area contributed by atoms with E-state index >= 15 is 0 Å². The van der Waals surface area contributed by atoms with Crippen LogP contribution in [0.15, 0.2) is 66.3 Å². The molecule has 0 aliphatic carbocycles. The lowest BCUT2D eigenvalue weighted by atomic mass is 10.2. The zero-order valence-electron chi connectivity index (χ0n) is 17.3. The first kappa shape index (κ1) is 21.8. The van der Waals surface area contributed by atoms with Gasteiger partial charge in [-0.15, -0.1) is 11.3 Å². The van der Waals surface area contributed by atoms with Crippen LogP contribution in [0.3, 0.4) is 0 Å². The number of anilines is 1. The molecule has 0 saturated carbocycles. The molecule has 0 bridgehead atoms. The topological polar surface area (TPSA) is 63.1 Å². The molecule has 4 aromatic rings. The predicted octanol–water partition coefficient (Wildman–Crippen LogP) is 4.40. The molecule has 32 heavy (non-hydrogen) atoms. The molecule has 0 atom stereocenters. The number of nitrogens with zero attached hydrogens (tertiary/aromatic N) is 4. The van der Waals surface area contributed by atoms with Crippen LogP contribution >= 0.6 is 11.3 Å². The standard InChI is InChI=1S/C23H21F2N5OS/c1-29(11-17-10-26-30(13-17)12-16-5-3-2-4-6-16)14-22(31)28-23-27-21(15-32-23)18-7-8-19(24)20(25)9-18/h2-10,13,15H,11-12,14H2,1H3,(H,27,28,31). The normalized spacial score (nSPS) is 11.1. The molecule has 0 unspecified atom stereocenters. The summed E-state index contributed by atoms with van der Waals surface area (Å²) in [5, 5.41) is 9.23. The van der Waals surface area contributed by atoms with Crippen molar-refractivity contribution in [2.75, 3.05) is 18.9 Å². The van der Waals surface area contributed by atoms with Gasteiger partial charge in [0.25, 0.3) is 0 Å². The highest BCUT2D eigenvalue weighted by Gasteiger charge is 2.13. The van der Waals surface area contributed by atoms with Crippen LogP contribution in [-0.4, -0.2) is 39.2 Å². The van der Waals surface area contributed by atoms with Crippen LogP contribution in [0.2, 0.25) is 0 Å². The van der Waals surface area contributed by atoms with Crippen molar-refractivity contribution in [1.29, 1.82) is 0 Å². The largest absolute Gasteiger partial charge is 0.301 e. The van der Waals surface area contributed by atoms with Crippen molar-refractivity contribution in [3.8, 4) is 11.3 Å². The van der Waals surface area contributed by atoms with Gasteiger partial charge in [0.15, 0.2) is 16.8 Å². The quantitative estimate of drug-likeness (QED) is 0.430. The minimum absolute atomic E-state index is 0.171. The molecule has 0 spiro atoms. The number of hydrogen-bond acceptors (Lipinski definition) is 5. The lowest BCUT2D eigenvalue weighted by Gasteiger charge is -2.14. The van der Waals surface area contributed by atoms with Gasteiger partial charge < -0.3 is 5.32 Å². The highest BCUT2D eigenvalue weighted by molar-refractivity contribution is 7.14. The molecule has 9 heteroatoms. The fourth-order valence-corrected chi connectivity index (χ4v) is 3.97. The van der Waals surface area contributed by atoms with Gasteiger partial charge in [0.2, 0.25) is 5.91 Å². The Morgan fingerprint density at radius 1 is 1.12 bits per heavy atom. The van der Waals surface area contributed by atoms with Crippen LogP contribution in [0.5, 0.6) is 0 Å². The summed E-state index contributed by atoms with van der Waals surface area (Å²) in [6.45, 7) is 1.43. The second-order valence-corrected chi connectivity index (χ2v) is 8.28. The van der Waals surface area contributed by atoms with E-state index in [2.05, 4.69) is 27.5 Å². The van der Waals surface area contributed by atoms with Crippen molar-refractivity contribution in [1.82, 2.24) is 19.7 Å². The molecule has 2 aromatic carbocycles. The van der Waals surface area contributed by atoms with E-state index in [1.165, 1.54) is 23.0 Å². The smallest absolute Gasteiger partial charge is 0.240 e. The van der Waals surface area contributed by atoms with Crippen LogP contribution in [0.25, 0.3) is 11.3 Å². The summed E-state index contributed by atoms with van der Waals surface area (Å²) >= 11 is 1.23. The Labute approximate surface area is 188 Å². The van der Waals surface area contributed by atoms with Gasteiger partial charge >= 0.3 is 0 Å². The van der Waals surface area contributed by atoms with E-state index in [9.17, 15) is 13.6 Å².